The van der Waals surface area contributed by atoms with Crippen molar-refractivity contribution in [2.45, 2.75) is 29.1 Å². The number of hydrogen-bond donors (Lipinski definition) is 2. The lowest BCUT2D eigenvalue weighted by molar-refractivity contribution is -0.384. The Balaban J connectivity index is 1.34. The van der Waals surface area contributed by atoms with E-state index in [2.05, 4.69) is 10.0 Å². The van der Waals surface area contributed by atoms with Crippen molar-refractivity contribution in [3.63, 3.8) is 0 Å². The van der Waals surface area contributed by atoms with Crippen LogP contribution in [0.5, 0.6) is 0 Å². The summed E-state index contributed by atoms with van der Waals surface area (Å²) in [5.74, 6) is -0.480. The average Bonchev–Trinajstić information content (AvgIpc) is 2.88. The Morgan fingerprint density at radius 1 is 0.919 bits per heavy atom. The smallest absolute Gasteiger partial charge is 0.269 e. The number of nitrogens with one attached hydrogen (secondary N) is 2. The first-order chi connectivity index (χ1) is 17.6. The summed E-state index contributed by atoms with van der Waals surface area (Å²) in [6, 6.07) is 17.5. The molecule has 1 heterocycles. The first-order valence-electron chi connectivity index (χ1n) is 11.3. The lowest BCUT2D eigenvalue weighted by Crippen LogP contribution is -2.35. The number of sulfonamides is 2. The third-order valence-corrected chi connectivity index (χ3v) is 9.10. The molecule has 0 saturated heterocycles. The van der Waals surface area contributed by atoms with Crippen LogP contribution in [-0.4, -0.2) is 40.8 Å². The summed E-state index contributed by atoms with van der Waals surface area (Å²) in [7, 11) is -7.73. The van der Waals surface area contributed by atoms with Crippen LogP contribution in [0.2, 0.25) is 0 Å². The third kappa shape index (κ3) is 5.96. The number of nitro groups is 1. The van der Waals surface area contributed by atoms with E-state index in [1.165, 1.54) is 28.6 Å². The molecule has 0 saturated carbocycles. The van der Waals surface area contributed by atoms with Gasteiger partial charge in [-0.2, -0.15) is 0 Å². The predicted molar refractivity (Wildman–Crippen MR) is 137 cm³/mol. The summed E-state index contributed by atoms with van der Waals surface area (Å²) >= 11 is 0. The number of carbonyl (C=O) groups is 1. The summed E-state index contributed by atoms with van der Waals surface area (Å²) in [6.07, 6.45) is 1.35. The zero-order valence-corrected chi connectivity index (χ0v) is 21.2. The van der Waals surface area contributed by atoms with Crippen LogP contribution < -0.4 is 14.3 Å². The van der Waals surface area contributed by atoms with Crippen molar-refractivity contribution in [3.05, 3.63) is 88.5 Å². The number of non-ortho nitro benzene ring substituents is 1. The van der Waals surface area contributed by atoms with Crippen LogP contribution in [-0.2, 0) is 31.3 Å². The van der Waals surface area contributed by atoms with E-state index >= 15 is 0 Å². The molecule has 11 nitrogen and oxygen atoms in total. The molecule has 0 unspecified atom stereocenters. The summed E-state index contributed by atoms with van der Waals surface area (Å²) < 4.78 is 54.8. The van der Waals surface area contributed by atoms with Crippen LogP contribution in [0.4, 0.5) is 17.1 Å². The molecule has 37 heavy (non-hydrogen) atoms. The van der Waals surface area contributed by atoms with Gasteiger partial charge in [0.05, 0.1) is 20.4 Å². The molecular weight excluding hydrogens is 520 g/mol. The van der Waals surface area contributed by atoms with E-state index in [1.807, 2.05) is 12.1 Å². The van der Waals surface area contributed by atoms with Gasteiger partial charge in [0.2, 0.25) is 15.9 Å². The molecule has 1 amide bonds. The van der Waals surface area contributed by atoms with Crippen LogP contribution >= 0.6 is 0 Å². The first-order valence-corrected chi connectivity index (χ1v) is 14.2. The molecule has 0 radical (unpaired) electrons. The Hall–Kier alpha value is -3.81. The Morgan fingerprint density at radius 2 is 1.57 bits per heavy atom. The Bertz CT molecular complexity index is 1520. The fraction of sp³-hybridized carbons (Fsp3) is 0.208. The molecule has 0 aromatic heterocycles. The van der Waals surface area contributed by atoms with Crippen LogP contribution in [0, 0.1) is 10.1 Å². The van der Waals surface area contributed by atoms with E-state index in [0.29, 0.717) is 17.9 Å². The number of fused-ring (bicyclic) bond motifs is 1. The molecule has 0 spiro atoms. The van der Waals surface area contributed by atoms with E-state index in [4.69, 9.17) is 0 Å². The van der Waals surface area contributed by atoms with Crippen molar-refractivity contribution in [1.29, 1.82) is 0 Å². The highest BCUT2D eigenvalue weighted by atomic mass is 32.2. The fourth-order valence-electron chi connectivity index (χ4n) is 3.94. The number of hydrogen-bond acceptors (Lipinski definition) is 7. The van der Waals surface area contributed by atoms with Gasteiger partial charge in [-0.3, -0.25) is 19.2 Å². The van der Waals surface area contributed by atoms with Gasteiger partial charge >= 0.3 is 0 Å². The molecule has 0 bridgehead atoms. The molecule has 13 heteroatoms. The van der Waals surface area contributed by atoms with Gasteiger partial charge in [0.15, 0.2) is 0 Å². The van der Waals surface area contributed by atoms with E-state index in [1.54, 1.807) is 12.1 Å². The number of para-hydroxylation sites is 1. The zero-order chi connectivity index (χ0) is 26.6. The largest absolute Gasteiger partial charge is 0.326 e. The van der Waals surface area contributed by atoms with Crippen molar-refractivity contribution in [1.82, 2.24) is 4.72 Å². The molecule has 1 aliphatic rings. The van der Waals surface area contributed by atoms with Gasteiger partial charge in [0, 0.05) is 37.3 Å². The van der Waals surface area contributed by atoms with Crippen LogP contribution in [0.15, 0.2) is 82.6 Å². The molecule has 0 atom stereocenters. The Labute approximate surface area is 214 Å². The molecule has 0 fully saturated rings. The summed E-state index contributed by atoms with van der Waals surface area (Å²) in [6.45, 7) is 0.180. The van der Waals surface area contributed by atoms with Gasteiger partial charge in [-0.15, -0.1) is 0 Å². The van der Waals surface area contributed by atoms with Gasteiger partial charge in [-0.1, -0.05) is 18.2 Å². The fourth-order valence-corrected chi connectivity index (χ4v) is 6.51. The number of anilines is 2. The predicted octanol–water partition coefficient (Wildman–Crippen LogP) is 3.04. The highest BCUT2D eigenvalue weighted by Crippen LogP contribution is 2.32. The number of rotatable bonds is 9. The standard InChI is InChI=1S/C24H24N4O7S2/c29-24(15-16-25-36(32,33)21-13-9-20(10-14-21)28(30)31)26-19-7-11-22(12-8-19)37(34,35)27-17-3-5-18-4-1-2-6-23(18)27/h1-2,4,6-14,25H,3,5,15-17H2,(H,26,29). The summed E-state index contributed by atoms with van der Waals surface area (Å²) in [5.41, 5.74) is 1.77. The lowest BCUT2D eigenvalue weighted by Gasteiger charge is -2.30. The van der Waals surface area contributed by atoms with Crippen LogP contribution in [0.1, 0.15) is 18.4 Å². The Kier molecular flexibility index (Phi) is 7.57. The van der Waals surface area contributed by atoms with Crippen molar-refractivity contribution < 1.29 is 26.6 Å². The van der Waals surface area contributed by atoms with Crippen molar-refractivity contribution in [2.24, 2.45) is 0 Å². The maximum absolute atomic E-state index is 13.2. The molecule has 2 N–H and O–H groups in total. The second-order valence-corrected chi connectivity index (χ2v) is 11.9. The maximum Gasteiger partial charge on any atom is 0.269 e. The number of carbonyl (C=O) groups excluding carboxylic acids is 1. The summed E-state index contributed by atoms with van der Waals surface area (Å²) in [5, 5.41) is 13.3. The topological polar surface area (TPSA) is 156 Å². The number of nitrogens with zero attached hydrogens (tertiary/aromatic N) is 2. The molecular formula is C24H24N4O7S2. The minimum atomic E-state index is -3.95. The van der Waals surface area contributed by atoms with Crippen LogP contribution in [0.25, 0.3) is 0 Å². The third-order valence-electron chi connectivity index (χ3n) is 5.80. The van der Waals surface area contributed by atoms with Gasteiger partial charge < -0.3 is 5.32 Å². The number of amides is 1. The molecule has 4 rings (SSSR count). The van der Waals surface area contributed by atoms with Crippen LogP contribution in [0.3, 0.4) is 0 Å². The van der Waals surface area contributed by atoms with Gasteiger partial charge in [0.25, 0.3) is 15.7 Å². The van der Waals surface area contributed by atoms with Crippen molar-refractivity contribution in [2.75, 3.05) is 22.7 Å². The average molecular weight is 545 g/mol. The minimum Gasteiger partial charge on any atom is -0.326 e. The number of aryl methyl sites for hydroxylation is 1. The highest BCUT2D eigenvalue weighted by molar-refractivity contribution is 7.92. The van der Waals surface area contributed by atoms with Crippen molar-refractivity contribution >= 4 is 43.0 Å². The van der Waals surface area contributed by atoms with Crippen molar-refractivity contribution in [3.8, 4) is 0 Å². The minimum absolute atomic E-state index is 0.0954. The molecule has 1 aliphatic heterocycles. The monoisotopic (exact) mass is 544 g/mol. The summed E-state index contributed by atoms with van der Waals surface area (Å²) in [4.78, 5) is 22.3. The van der Waals surface area contributed by atoms with E-state index < -0.39 is 30.9 Å². The number of benzene rings is 3. The van der Waals surface area contributed by atoms with E-state index in [0.717, 1.165) is 42.7 Å². The second kappa shape index (κ2) is 10.7. The quantitative estimate of drug-likeness (QED) is 0.310. The highest BCUT2D eigenvalue weighted by Gasteiger charge is 2.28. The normalized spacial score (nSPS) is 13.6. The van der Waals surface area contributed by atoms with Gasteiger partial charge in [0.1, 0.15) is 0 Å². The molecule has 194 valence electrons. The molecule has 3 aromatic rings. The first kappa shape index (κ1) is 26.3. The molecule has 0 aliphatic carbocycles. The Morgan fingerprint density at radius 3 is 2.24 bits per heavy atom. The lowest BCUT2D eigenvalue weighted by atomic mass is 10.0. The van der Waals surface area contributed by atoms with Gasteiger partial charge in [-0.25, -0.2) is 21.6 Å². The van der Waals surface area contributed by atoms with Gasteiger partial charge in [-0.05, 0) is 60.9 Å². The molecule has 3 aromatic carbocycles. The zero-order valence-electron chi connectivity index (χ0n) is 19.5. The SMILES string of the molecule is O=C(CCNS(=O)(=O)c1ccc([N+](=O)[O-])cc1)Nc1ccc(S(=O)(=O)N2CCCc3ccccc32)cc1. The van der Waals surface area contributed by atoms with E-state index in [9.17, 15) is 31.7 Å². The maximum atomic E-state index is 13.2. The second-order valence-electron chi connectivity index (χ2n) is 8.28. The van der Waals surface area contributed by atoms with E-state index in [-0.39, 0.29) is 28.4 Å². The number of nitro benzene ring substituents is 1.